The summed E-state index contributed by atoms with van der Waals surface area (Å²) in [6, 6.07) is -0.507. The molecule has 0 radical (unpaired) electrons. The molecule has 0 saturated heterocycles. The van der Waals surface area contributed by atoms with Gasteiger partial charge in [0.1, 0.15) is 9.84 Å². The molecular weight excluding hydrogens is 278 g/mol. The number of hydrogen-bond acceptors (Lipinski definition) is 6. The van der Waals surface area contributed by atoms with Crippen LogP contribution in [0, 0.1) is 5.92 Å². The highest BCUT2D eigenvalue weighted by atomic mass is 32.2. The van der Waals surface area contributed by atoms with Crippen LogP contribution in [0.4, 0.5) is 0 Å². The maximum absolute atomic E-state index is 11.1. The molecule has 0 amide bonds. The molecule has 1 aliphatic rings. The van der Waals surface area contributed by atoms with E-state index in [-0.39, 0.29) is 5.75 Å². The fraction of sp³-hybridized carbons (Fsp3) is 0.846. The van der Waals surface area contributed by atoms with Gasteiger partial charge in [-0.1, -0.05) is 24.9 Å². The van der Waals surface area contributed by atoms with Crippen LogP contribution < -0.4 is 5.73 Å². The third-order valence-corrected chi connectivity index (χ3v) is 4.85. The smallest absolute Gasteiger partial charge is 0.243 e. The van der Waals surface area contributed by atoms with Gasteiger partial charge < -0.3 is 10.3 Å². The minimum absolute atomic E-state index is 0.0341. The van der Waals surface area contributed by atoms with Crippen LogP contribution in [0.1, 0.15) is 62.7 Å². The van der Waals surface area contributed by atoms with Crippen LogP contribution in [0.15, 0.2) is 4.52 Å². The molecular formula is C13H23N3O3S. The molecule has 1 saturated carbocycles. The molecule has 7 heteroatoms. The van der Waals surface area contributed by atoms with Gasteiger partial charge in [-0.2, -0.15) is 4.98 Å². The van der Waals surface area contributed by atoms with Crippen molar-refractivity contribution in [2.24, 2.45) is 11.7 Å². The van der Waals surface area contributed by atoms with Gasteiger partial charge in [0.15, 0.2) is 5.82 Å². The number of nitrogens with two attached hydrogens (primary N) is 1. The lowest BCUT2D eigenvalue weighted by molar-refractivity contribution is 0.315. The minimum Gasteiger partial charge on any atom is -0.338 e. The molecule has 3 atom stereocenters. The zero-order chi connectivity index (χ0) is 14.8. The van der Waals surface area contributed by atoms with Crippen molar-refractivity contribution in [1.29, 1.82) is 0 Å². The second kappa shape index (κ2) is 6.22. The van der Waals surface area contributed by atoms with Gasteiger partial charge in [0.2, 0.25) is 5.89 Å². The molecule has 20 heavy (non-hydrogen) atoms. The molecule has 0 aliphatic heterocycles. The van der Waals surface area contributed by atoms with E-state index in [9.17, 15) is 8.42 Å². The van der Waals surface area contributed by atoms with Gasteiger partial charge in [-0.05, 0) is 25.2 Å². The van der Waals surface area contributed by atoms with E-state index >= 15 is 0 Å². The summed E-state index contributed by atoms with van der Waals surface area (Å²) in [6.07, 6.45) is 6.12. The van der Waals surface area contributed by atoms with Gasteiger partial charge in [-0.25, -0.2) is 8.42 Å². The first kappa shape index (κ1) is 15.4. The van der Waals surface area contributed by atoms with E-state index in [0.717, 1.165) is 18.7 Å². The Kier molecular flexibility index (Phi) is 4.80. The number of hydrogen-bond donors (Lipinski definition) is 1. The molecule has 0 spiro atoms. The Labute approximate surface area is 120 Å². The van der Waals surface area contributed by atoms with Gasteiger partial charge in [0, 0.05) is 12.2 Å². The van der Waals surface area contributed by atoms with Crippen molar-refractivity contribution in [3.8, 4) is 0 Å². The topological polar surface area (TPSA) is 99.1 Å². The van der Waals surface area contributed by atoms with Crippen LogP contribution in [-0.2, 0) is 9.84 Å². The maximum atomic E-state index is 11.1. The quantitative estimate of drug-likeness (QED) is 0.890. The fourth-order valence-electron chi connectivity index (χ4n) is 2.70. The summed E-state index contributed by atoms with van der Waals surface area (Å²) in [4.78, 5) is 4.37. The number of nitrogens with zero attached hydrogens (tertiary/aromatic N) is 2. The van der Waals surface area contributed by atoms with Gasteiger partial charge in [-0.15, -0.1) is 0 Å². The van der Waals surface area contributed by atoms with Gasteiger partial charge >= 0.3 is 0 Å². The summed E-state index contributed by atoms with van der Waals surface area (Å²) in [7, 11) is -3.02. The van der Waals surface area contributed by atoms with Crippen molar-refractivity contribution in [3.63, 3.8) is 0 Å². The van der Waals surface area contributed by atoms with Gasteiger partial charge in [0.25, 0.3) is 0 Å². The molecule has 3 unspecified atom stereocenters. The highest BCUT2D eigenvalue weighted by Crippen LogP contribution is 2.34. The molecule has 1 aromatic rings. The Balaban J connectivity index is 1.97. The fourth-order valence-corrected chi connectivity index (χ4v) is 3.38. The van der Waals surface area contributed by atoms with Gasteiger partial charge in [0.05, 0.1) is 11.8 Å². The molecule has 114 valence electrons. The monoisotopic (exact) mass is 301 g/mol. The SMILES string of the molecule is CC1CCCC(c2noc(C(N)CCS(C)(=O)=O)n2)C1. The predicted molar refractivity (Wildman–Crippen MR) is 75.9 cm³/mol. The van der Waals surface area contributed by atoms with Crippen molar-refractivity contribution in [1.82, 2.24) is 10.1 Å². The predicted octanol–water partition coefficient (Wildman–Crippen LogP) is 1.80. The van der Waals surface area contributed by atoms with Gasteiger partial charge in [-0.3, -0.25) is 0 Å². The van der Waals surface area contributed by atoms with E-state index in [0.29, 0.717) is 24.1 Å². The van der Waals surface area contributed by atoms with Crippen molar-refractivity contribution >= 4 is 9.84 Å². The maximum Gasteiger partial charge on any atom is 0.243 e. The third kappa shape index (κ3) is 4.28. The van der Waals surface area contributed by atoms with E-state index in [2.05, 4.69) is 17.1 Å². The molecule has 1 heterocycles. The van der Waals surface area contributed by atoms with Crippen LogP contribution in [0.2, 0.25) is 0 Å². The van der Waals surface area contributed by atoms with E-state index in [4.69, 9.17) is 10.3 Å². The molecule has 0 bridgehead atoms. The van der Waals surface area contributed by atoms with E-state index in [1.54, 1.807) is 0 Å². The third-order valence-electron chi connectivity index (χ3n) is 3.88. The lowest BCUT2D eigenvalue weighted by Crippen LogP contribution is -2.16. The van der Waals surface area contributed by atoms with Crippen molar-refractivity contribution < 1.29 is 12.9 Å². The standard InChI is InChI=1S/C13H23N3O3S/c1-9-4-3-5-10(8-9)12-15-13(19-16-12)11(14)6-7-20(2,17)18/h9-11H,3-8,14H2,1-2H3. The molecule has 2 N–H and O–H groups in total. The lowest BCUT2D eigenvalue weighted by atomic mass is 9.82. The Hall–Kier alpha value is -0.950. The number of sulfone groups is 1. The Morgan fingerprint density at radius 2 is 2.20 bits per heavy atom. The average molecular weight is 301 g/mol. The van der Waals surface area contributed by atoms with Crippen molar-refractivity contribution in [3.05, 3.63) is 11.7 Å². The molecule has 0 aromatic carbocycles. The van der Waals surface area contributed by atoms with Crippen LogP contribution in [0.25, 0.3) is 0 Å². The largest absolute Gasteiger partial charge is 0.338 e. The molecule has 1 aliphatic carbocycles. The van der Waals surface area contributed by atoms with Crippen molar-refractivity contribution in [2.75, 3.05) is 12.0 Å². The Bertz CT molecular complexity index is 541. The first-order valence-corrected chi connectivity index (χ1v) is 9.18. The molecule has 2 rings (SSSR count). The van der Waals surface area contributed by atoms with Crippen LogP contribution in [0.3, 0.4) is 0 Å². The summed E-state index contributed by atoms with van der Waals surface area (Å²) in [5.41, 5.74) is 5.91. The number of aromatic nitrogens is 2. The van der Waals surface area contributed by atoms with E-state index in [1.807, 2.05) is 0 Å². The molecule has 6 nitrogen and oxygen atoms in total. The normalized spacial score (nSPS) is 25.6. The summed E-state index contributed by atoms with van der Waals surface area (Å²) in [5.74, 6) is 2.14. The lowest BCUT2D eigenvalue weighted by Gasteiger charge is -2.23. The minimum atomic E-state index is -3.02. The zero-order valence-corrected chi connectivity index (χ0v) is 12.9. The average Bonchev–Trinajstić information content (AvgIpc) is 2.84. The highest BCUT2D eigenvalue weighted by Gasteiger charge is 2.26. The summed E-state index contributed by atoms with van der Waals surface area (Å²) in [5, 5.41) is 4.02. The van der Waals surface area contributed by atoms with Crippen LogP contribution in [0.5, 0.6) is 0 Å². The summed E-state index contributed by atoms with van der Waals surface area (Å²) >= 11 is 0. The number of rotatable bonds is 5. The van der Waals surface area contributed by atoms with Crippen LogP contribution in [-0.4, -0.2) is 30.6 Å². The second-order valence-corrected chi connectivity index (χ2v) is 8.24. The summed E-state index contributed by atoms with van der Waals surface area (Å²) < 4.78 is 27.5. The zero-order valence-electron chi connectivity index (χ0n) is 12.1. The van der Waals surface area contributed by atoms with E-state index < -0.39 is 15.9 Å². The molecule has 1 fully saturated rings. The first-order chi connectivity index (χ1) is 9.35. The Morgan fingerprint density at radius 3 is 2.85 bits per heavy atom. The summed E-state index contributed by atoms with van der Waals surface area (Å²) in [6.45, 7) is 2.24. The first-order valence-electron chi connectivity index (χ1n) is 7.12. The highest BCUT2D eigenvalue weighted by molar-refractivity contribution is 7.90. The molecule has 1 aromatic heterocycles. The van der Waals surface area contributed by atoms with Crippen LogP contribution >= 0.6 is 0 Å². The van der Waals surface area contributed by atoms with E-state index in [1.165, 1.54) is 19.1 Å². The van der Waals surface area contributed by atoms with Crippen molar-refractivity contribution in [2.45, 2.75) is 51.0 Å². The second-order valence-electron chi connectivity index (χ2n) is 5.98. The Morgan fingerprint density at radius 1 is 1.45 bits per heavy atom.